The third kappa shape index (κ3) is 3.61. The predicted molar refractivity (Wildman–Crippen MR) is 222 cm³/mol. The molecule has 0 atom stereocenters. The number of rotatable bonds is 2. The summed E-state index contributed by atoms with van der Waals surface area (Å²) >= 11 is 0. The number of furan rings is 1. The second-order valence-corrected chi connectivity index (χ2v) is 14.9. The van der Waals surface area contributed by atoms with Gasteiger partial charge in [-0.25, -0.2) is 0 Å². The maximum Gasteiger partial charge on any atom is 0.169 e. The van der Waals surface area contributed by atoms with Crippen LogP contribution in [0, 0.1) is 0 Å². The zero-order chi connectivity index (χ0) is 35.8. The lowest BCUT2D eigenvalue weighted by Crippen LogP contribution is -2.26. The molecule has 0 radical (unpaired) electrons. The highest BCUT2D eigenvalue weighted by Crippen LogP contribution is 2.63. The molecule has 0 saturated heterocycles. The van der Waals surface area contributed by atoms with Crippen LogP contribution in [-0.2, 0) is 5.41 Å². The molecule has 11 aromatic rings. The van der Waals surface area contributed by atoms with Gasteiger partial charge in [0.2, 0.25) is 0 Å². The van der Waals surface area contributed by atoms with E-state index in [1.807, 2.05) is 6.07 Å². The summed E-state index contributed by atoms with van der Waals surface area (Å²) in [4.78, 5) is 0. The molecule has 8 aromatic carbocycles. The van der Waals surface area contributed by atoms with Gasteiger partial charge in [-0.3, -0.25) is 4.40 Å². The predicted octanol–water partition coefficient (Wildman–Crippen LogP) is 12.6. The molecule has 4 heteroatoms. The summed E-state index contributed by atoms with van der Waals surface area (Å²) in [7, 11) is 0. The van der Waals surface area contributed by atoms with Crippen molar-refractivity contribution in [2.45, 2.75) is 5.41 Å². The monoisotopic (exact) mass is 699 g/mol. The standard InChI is InChI=1S/C51H29N3O/c1-2-17-41-33(12-1)38-15-5-9-22-46(38)54-49(52-53-50(41)54)31-25-27-37-36-26-24-30(32-18-11-19-40-39-16-6-10-23-47(39)55-48(32)40)28-44(36)51(45(37)29-31)42-20-7-3-13-34(42)35-14-4-8-21-43(35)51/h1-29H. The van der Waals surface area contributed by atoms with E-state index in [0.29, 0.717) is 0 Å². The van der Waals surface area contributed by atoms with Crippen molar-refractivity contribution in [3.63, 3.8) is 0 Å². The highest BCUT2D eigenvalue weighted by Gasteiger charge is 2.52. The highest BCUT2D eigenvalue weighted by molar-refractivity contribution is 6.12. The molecule has 1 spiro atoms. The van der Waals surface area contributed by atoms with Gasteiger partial charge in [0.1, 0.15) is 11.2 Å². The van der Waals surface area contributed by atoms with Gasteiger partial charge in [-0.2, -0.15) is 0 Å². The van der Waals surface area contributed by atoms with Crippen LogP contribution >= 0.6 is 0 Å². The summed E-state index contributed by atoms with van der Waals surface area (Å²) in [6.07, 6.45) is 0. The van der Waals surface area contributed by atoms with E-state index >= 15 is 0 Å². The summed E-state index contributed by atoms with van der Waals surface area (Å²) < 4.78 is 8.83. The lowest BCUT2D eigenvalue weighted by atomic mass is 9.70. The van der Waals surface area contributed by atoms with Crippen LogP contribution in [0.25, 0.3) is 94.0 Å². The largest absolute Gasteiger partial charge is 0.455 e. The van der Waals surface area contributed by atoms with Crippen molar-refractivity contribution in [1.82, 2.24) is 14.6 Å². The first-order valence-electron chi connectivity index (χ1n) is 18.8. The van der Waals surface area contributed by atoms with Crippen molar-refractivity contribution in [2.24, 2.45) is 0 Å². The summed E-state index contributed by atoms with van der Waals surface area (Å²) in [6.45, 7) is 0. The first-order chi connectivity index (χ1) is 27.3. The van der Waals surface area contributed by atoms with E-state index in [0.717, 1.165) is 61.0 Å². The molecule has 254 valence electrons. The SMILES string of the molecule is c1ccc2c(c1)-c1ccccc1C21c2cc(-c3cccc4c3oc3ccccc34)ccc2-c2ccc(-c3nnc4c5ccccc5c5ccccc5n34)cc21. The zero-order valence-corrected chi connectivity index (χ0v) is 29.5. The van der Waals surface area contributed by atoms with Gasteiger partial charge in [0.15, 0.2) is 11.5 Å². The average Bonchev–Trinajstić information content (AvgIpc) is 4.01. The van der Waals surface area contributed by atoms with E-state index in [-0.39, 0.29) is 0 Å². The normalized spacial score (nSPS) is 13.6. The van der Waals surface area contributed by atoms with Crippen LogP contribution in [0.5, 0.6) is 0 Å². The Kier molecular flexibility index (Phi) is 5.54. The first-order valence-corrected chi connectivity index (χ1v) is 18.8. The van der Waals surface area contributed by atoms with Crippen LogP contribution in [0.15, 0.2) is 180 Å². The van der Waals surface area contributed by atoms with E-state index in [4.69, 9.17) is 14.6 Å². The number of hydrogen-bond donors (Lipinski definition) is 0. The Morgan fingerprint density at radius 2 is 0.964 bits per heavy atom. The van der Waals surface area contributed by atoms with Crippen molar-refractivity contribution >= 4 is 49.3 Å². The Morgan fingerprint density at radius 3 is 1.75 bits per heavy atom. The molecule has 13 rings (SSSR count). The smallest absolute Gasteiger partial charge is 0.169 e. The molecule has 55 heavy (non-hydrogen) atoms. The molecule has 3 heterocycles. The quantitative estimate of drug-likeness (QED) is 0.169. The number of nitrogens with zero attached hydrogens (tertiary/aromatic N) is 3. The number of para-hydroxylation sites is 3. The molecule has 0 unspecified atom stereocenters. The van der Waals surface area contributed by atoms with Gasteiger partial charge < -0.3 is 4.42 Å². The molecule has 2 aliphatic carbocycles. The van der Waals surface area contributed by atoms with E-state index in [1.165, 1.54) is 55.3 Å². The third-order valence-electron chi connectivity index (χ3n) is 12.3. The molecular weight excluding hydrogens is 671 g/mol. The molecule has 0 aliphatic heterocycles. The molecule has 0 fully saturated rings. The third-order valence-corrected chi connectivity index (χ3v) is 12.3. The number of benzene rings is 8. The van der Waals surface area contributed by atoms with Crippen molar-refractivity contribution < 1.29 is 4.42 Å². The van der Waals surface area contributed by atoms with Crippen molar-refractivity contribution in [1.29, 1.82) is 0 Å². The number of fused-ring (bicyclic) bond motifs is 19. The van der Waals surface area contributed by atoms with Gasteiger partial charge in [-0.1, -0.05) is 152 Å². The van der Waals surface area contributed by atoms with Gasteiger partial charge in [0, 0.05) is 32.7 Å². The van der Waals surface area contributed by atoms with Gasteiger partial charge in [-0.05, 0) is 79.7 Å². The molecule has 0 N–H and O–H groups in total. The maximum absolute atomic E-state index is 6.58. The minimum Gasteiger partial charge on any atom is -0.455 e. The molecule has 2 aliphatic rings. The minimum atomic E-state index is -0.541. The Morgan fingerprint density at radius 1 is 0.400 bits per heavy atom. The molecule has 3 aromatic heterocycles. The topological polar surface area (TPSA) is 43.3 Å². The fourth-order valence-electron chi connectivity index (χ4n) is 10.1. The summed E-state index contributed by atoms with van der Waals surface area (Å²) in [6, 6.07) is 63.9. The maximum atomic E-state index is 6.58. The van der Waals surface area contributed by atoms with Gasteiger partial charge in [-0.15, -0.1) is 10.2 Å². The lowest BCUT2D eigenvalue weighted by Gasteiger charge is -2.31. The molecule has 0 bridgehead atoms. The lowest BCUT2D eigenvalue weighted by molar-refractivity contribution is 0.670. The average molecular weight is 700 g/mol. The first kappa shape index (κ1) is 29.2. The van der Waals surface area contributed by atoms with Gasteiger partial charge in [0.25, 0.3) is 0 Å². The van der Waals surface area contributed by atoms with Crippen LogP contribution in [0.1, 0.15) is 22.3 Å². The van der Waals surface area contributed by atoms with E-state index in [9.17, 15) is 0 Å². The van der Waals surface area contributed by atoms with Crippen molar-refractivity contribution in [3.05, 3.63) is 198 Å². The zero-order valence-electron chi connectivity index (χ0n) is 29.5. The molecular formula is C51H29N3O. The Bertz CT molecular complexity index is 3410. The summed E-state index contributed by atoms with van der Waals surface area (Å²) in [5.74, 6) is 0.836. The van der Waals surface area contributed by atoms with E-state index < -0.39 is 5.41 Å². The fourth-order valence-corrected chi connectivity index (χ4v) is 10.1. The molecule has 0 amide bonds. The summed E-state index contributed by atoms with van der Waals surface area (Å²) in [5, 5.41) is 15.5. The van der Waals surface area contributed by atoms with Crippen LogP contribution < -0.4 is 0 Å². The number of hydrogen-bond acceptors (Lipinski definition) is 3. The molecule has 4 nitrogen and oxygen atoms in total. The Hall–Kier alpha value is -7.30. The number of aromatic nitrogens is 3. The van der Waals surface area contributed by atoms with Gasteiger partial charge >= 0.3 is 0 Å². The summed E-state index contributed by atoms with van der Waals surface area (Å²) in [5.41, 5.74) is 16.7. The fraction of sp³-hybridized carbons (Fsp3) is 0.0196. The second-order valence-electron chi connectivity index (χ2n) is 14.9. The Balaban J connectivity index is 1.11. The Labute approximate surface area is 315 Å². The van der Waals surface area contributed by atoms with Crippen LogP contribution in [0.4, 0.5) is 0 Å². The van der Waals surface area contributed by atoms with Crippen LogP contribution in [0.3, 0.4) is 0 Å². The second kappa shape index (κ2) is 10.4. The number of pyridine rings is 1. The van der Waals surface area contributed by atoms with Crippen LogP contribution in [0.2, 0.25) is 0 Å². The minimum absolute atomic E-state index is 0.541. The van der Waals surface area contributed by atoms with Gasteiger partial charge in [0.05, 0.1) is 10.9 Å². The van der Waals surface area contributed by atoms with E-state index in [2.05, 4.69) is 174 Å². The van der Waals surface area contributed by atoms with E-state index in [1.54, 1.807) is 0 Å². The highest BCUT2D eigenvalue weighted by atomic mass is 16.3. The van der Waals surface area contributed by atoms with Crippen molar-refractivity contribution in [3.8, 4) is 44.8 Å². The van der Waals surface area contributed by atoms with Crippen LogP contribution in [-0.4, -0.2) is 14.6 Å². The molecule has 0 saturated carbocycles. The van der Waals surface area contributed by atoms with Crippen molar-refractivity contribution in [2.75, 3.05) is 0 Å².